The summed E-state index contributed by atoms with van der Waals surface area (Å²) in [6.45, 7) is 0. The monoisotopic (exact) mass is 435 g/mol. The predicted octanol–water partition coefficient (Wildman–Crippen LogP) is 5.44. The van der Waals surface area contributed by atoms with E-state index in [4.69, 9.17) is 5.10 Å². The molecule has 2 aromatic heterocycles. The largest absolute Gasteiger partial charge is 0.361 e. The normalized spacial score (nSPS) is 18.2. The zero-order valence-corrected chi connectivity index (χ0v) is 18.3. The molecular weight excluding hydrogens is 410 g/mol. The van der Waals surface area contributed by atoms with Crippen LogP contribution in [0.3, 0.4) is 0 Å². The van der Waals surface area contributed by atoms with Crippen molar-refractivity contribution in [3.63, 3.8) is 0 Å². The van der Waals surface area contributed by atoms with Gasteiger partial charge in [-0.05, 0) is 49.2 Å². The molecule has 1 atom stereocenters. The number of hydrogen-bond donors (Lipinski definition) is 1. The van der Waals surface area contributed by atoms with Gasteiger partial charge in [0, 0.05) is 41.4 Å². The molecule has 164 valence electrons. The van der Waals surface area contributed by atoms with Crippen LogP contribution in [0.5, 0.6) is 0 Å². The quantitative estimate of drug-likeness (QED) is 0.463. The molecule has 2 aliphatic rings. The van der Waals surface area contributed by atoms with Gasteiger partial charge in [-0.1, -0.05) is 43.2 Å². The number of pyridine rings is 1. The molecule has 4 aromatic rings. The van der Waals surface area contributed by atoms with Crippen molar-refractivity contribution in [3.05, 3.63) is 96.4 Å². The molecule has 6 rings (SSSR count). The first-order chi connectivity index (χ1) is 16.3. The third kappa shape index (κ3) is 3.48. The molecule has 0 spiro atoms. The highest BCUT2D eigenvalue weighted by Crippen LogP contribution is 2.41. The van der Waals surface area contributed by atoms with Gasteiger partial charge in [0.1, 0.15) is 11.9 Å². The van der Waals surface area contributed by atoms with Crippen molar-refractivity contribution >= 4 is 11.6 Å². The molecule has 0 saturated heterocycles. The van der Waals surface area contributed by atoms with Crippen LogP contribution in [0.4, 0.5) is 5.69 Å². The highest BCUT2D eigenvalue weighted by Gasteiger charge is 2.40. The van der Waals surface area contributed by atoms with E-state index < -0.39 is 0 Å². The molecule has 0 bridgehead atoms. The second kappa shape index (κ2) is 8.20. The number of nitrogens with zero attached hydrogens (tertiary/aromatic N) is 4. The first kappa shape index (κ1) is 19.7. The second-order valence-electron chi connectivity index (χ2n) is 8.70. The predicted molar refractivity (Wildman–Crippen MR) is 128 cm³/mol. The molecule has 1 fully saturated rings. The maximum atomic E-state index is 13.8. The fourth-order valence-electron chi connectivity index (χ4n) is 5.08. The van der Waals surface area contributed by atoms with Crippen LogP contribution in [0.1, 0.15) is 47.8 Å². The van der Waals surface area contributed by atoms with Gasteiger partial charge in [-0.25, -0.2) is 4.68 Å². The van der Waals surface area contributed by atoms with E-state index in [9.17, 15) is 4.79 Å². The standard InChI is InChI=1S/C27H25N5O/c33-27-22-14-6-7-15-24(22)29-26(32(27)21-12-4-5-13-21)23-18-31(20-10-2-1-3-11-20)30-25(23)19-9-8-16-28-17-19/h1-3,6-11,14-18,21,26,29H,4-5,12-13H2/t26-/m0/s1. The van der Waals surface area contributed by atoms with Gasteiger partial charge in [-0.2, -0.15) is 5.10 Å². The van der Waals surface area contributed by atoms with E-state index in [0.717, 1.165) is 59.4 Å². The number of rotatable bonds is 4. The maximum Gasteiger partial charge on any atom is 0.258 e. The van der Waals surface area contributed by atoms with E-state index in [2.05, 4.69) is 21.4 Å². The second-order valence-corrected chi connectivity index (χ2v) is 8.70. The van der Waals surface area contributed by atoms with Gasteiger partial charge in [0.15, 0.2) is 0 Å². The van der Waals surface area contributed by atoms with Gasteiger partial charge in [-0.15, -0.1) is 0 Å². The van der Waals surface area contributed by atoms with Crippen molar-refractivity contribution in [1.82, 2.24) is 19.7 Å². The van der Waals surface area contributed by atoms with E-state index in [0.29, 0.717) is 0 Å². The topological polar surface area (TPSA) is 63.1 Å². The van der Waals surface area contributed by atoms with Crippen LogP contribution < -0.4 is 5.32 Å². The highest BCUT2D eigenvalue weighted by atomic mass is 16.2. The minimum Gasteiger partial charge on any atom is -0.361 e. The maximum absolute atomic E-state index is 13.8. The number of nitrogens with one attached hydrogen (secondary N) is 1. The van der Waals surface area contributed by atoms with Gasteiger partial charge in [0.2, 0.25) is 0 Å². The number of anilines is 1. The molecule has 0 unspecified atom stereocenters. The zero-order chi connectivity index (χ0) is 22.2. The van der Waals surface area contributed by atoms with Crippen molar-refractivity contribution in [3.8, 4) is 16.9 Å². The van der Waals surface area contributed by atoms with E-state index in [1.54, 1.807) is 6.20 Å². The number of fused-ring (bicyclic) bond motifs is 1. The summed E-state index contributed by atoms with van der Waals surface area (Å²) in [5.41, 5.74) is 5.32. The Labute approximate surface area is 192 Å². The lowest BCUT2D eigenvalue weighted by atomic mass is 9.99. The number of benzene rings is 2. The molecule has 1 aliphatic heterocycles. The number of aromatic nitrogens is 3. The van der Waals surface area contributed by atoms with Gasteiger partial charge >= 0.3 is 0 Å². The molecular formula is C27H25N5O. The Bertz CT molecular complexity index is 1280. The minimum atomic E-state index is -0.303. The summed E-state index contributed by atoms with van der Waals surface area (Å²) < 4.78 is 1.90. The van der Waals surface area contributed by atoms with Crippen LogP contribution in [0.2, 0.25) is 0 Å². The Kier molecular flexibility index (Phi) is 4.91. The molecule has 33 heavy (non-hydrogen) atoms. The fraction of sp³-hybridized carbons (Fsp3) is 0.222. The lowest BCUT2D eigenvalue weighted by molar-refractivity contribution is 0.0585. The fourth-order valence-corrected chi connectivity index (χ4v) is 5.08. The van der Waals surface area contributed by atoms with Crippen molar-refractivity contribution in [1.29, 1.82) is 0 Å². The van der Waals surface area contributed by atoms with Crippen molar-refractivity contribution in [2.45, 2.75) is 37.9 Å². The Hall–Kier alpha value is -3.93. The molecule has 6 heteroatoms. The molecule has 1 N–H and O–H groups in total. The lowest BCUT2D eigenvalue weighted by Gasteiger charge is -2.41. The Balaban J connectivity index is 1.53. The summed E-state index contributed by atoms with van der Waals surface area (Å²) in [7, 11) is 0. The third-order valence-electron chi connectivity index (χ3n) is 6.67. The number of para-hydroxylation sites is 2. The summed E-state index contributed by atoms with van der Waals surface area (Å²) >= 11 is 0. The highest BCUT2D eigenvalue weighted by molar-refractivity contribution is 6.02. The third-order valence-corrected chi connectivity index (χ3v) is 6.67. The number of carbonyl (C=O) groups is 1. The summed E-state index contributed by atoms with van der Waals surface area (Å²) in [6, 6.07) is 22.0. The van der Waals surface area contributed by atoms with E-state index in [1.807, 2.05) is 77.6 Å². The number of amides is 1. The Morgan fingerprint density at radius 1 is 0.909 bits per heavy atom. The number of hydrogen-bond acceptors (Lipinski definition) is 4. The van der Waals surface area contributed by atoms with Gasteiger partial charge in [0.05, 0.1) is 11.3 Å². The van der Waals surface area contributed by atoms with Gasteiger partial charge in [-0.3, -0.25) is 9.78 Å². The molecule has 2 aromatic carbocycles. The molecule has 1 amide bonds. The smallest absolute Gasteiger partial charge is 0.258 e. The molecule has 1 aliphatic carbocycles. The van der Waals surface area contributed by atoms with Gasteiger partial charge in [0.25, 0.3) is 5.91 Å². The average molecular weight is 436 g/mol. The summed E-state index contributed by atoms with van der Waals surface area (Å²) in [5.74, 6) is 0.0887. The van der Waals surface area contributed by atoms with Crippen LogP contribution in [0.25, 0.3) is 16.9 Å². The van der Waals surface area contributed by atoms with Crippen LogP contribution in [0.15, 0.2) is 85.3 Å². The van der Waals surface area contributed by atoms with Crippen molar-refractivity contribution in [2.24, 2.45) is 0 Å². The summed E-state index contributed by atoms with van der Waals surface area (Å²) in [6.07, 6.45) is 9.72. The van der Waals surface area contributed by atoms with Crippen molar-refractivity contribution < 1.29 is 4.79 Å². The average Bonchev–Trinajstić information content (AvgIpc) is 3.56. The van der Waals surface area contributed by atoms with E-state index in [-0.39, 0.29) is 18.1 Å². The Morgan fingerprint density at radius 2 is 1.70 bits per heavy atom. The van der Waals surface area contributed by atoms with Crippen LogP contribution in [0, 0.1) is 0 Å². The minimum absolute atomic E-state index is 0.0887. The van der Waals surface area contributed by atoms with Gasteiger partial charge < -0.3 is 10.2 Å². The SMILES string of the molecule is O=C1c2ccccc2N[C@H](c2cn(-c3ccccc3)nc2-c2cccnc2)N1C1CCCC1. The summed E-state index contributed by atoms with van der Waals surface area (Å²) in [4.78, 5) is 20.1. The molecule has 6 nitrogen and oxygen atoms in total. The van der Waals surface area contributed by atoms with E-state index >= 15 is 0 Å². The lowest BCUT2D eigenvalue weighted by Crippen LogP contribution is -2.47. The molecule has 0 radical (unpaired) electrons. The summed E-state index contributed by atoms with van der Waals surface area (Å²) in [5, 5.41) is 8.64. The first-order valence-electron chi connectivity index (χ1n) is 11.5. The first-order valence-corrected chi connectivity index (χ1v) is 11.5. The van der Waals surface area contributed by atoms with Crippen LogP contribution >= 0.6 is 0 Å². The van der Waals surface area contributed by atoms with Crippen molar-refractivity contribution in [2.75, 3.05) is 5.32 Å². The Morgan fingerprint density at radius 3 is 2.48 bits per heavy atom. The zero-order valence-electron chi connectivity index (χ0n) is 18.3. The molecule has 1 saturated carbocycles. The number of carbonyl (C=O) groups excluding carboxylic acids is 1. The van der Waals surface area contributed by atoms with Crippen LogP contribution in [-0.2, 0) is 0 Å². The van der Waals surface area contributed by atoms with Crippen LogP contribution in [-0.4, -0.2) is 31.6 Å². The molecule has 3 heterocycles. The van der Waals surface area contributed by atoms with E-state index in [1.165, 1.54) is 0 Å².